The molecule has 0 saturated heterocycles. The molecule has 0 bridgehead atoms. The third-order valence-corrected chi connectivity index (χ3v) is 6.58. The minimum Gasteiger partial charge on any atom is -0.373 e. The van der Waals surface area contributed by atoms with Gasteiger partial charge in [0.15, 0.2) is 23.3 Å². The molecule has 1 aliphatic rings. The number of nitrogens with zero attached hydrogens (tertiary/aromatic N) is 3. The number of carbonyl (C=O) groups excluding carboxylic acids is 2. The minimum absolute atomic E-state index is 0.00278. The number of nitrogens with one attached hydrogen (secondary N) is 3. The van der Waals surface area contributed by atoms with Gasteiger partial charge >= 0.3 is 0 Å². The van der Waals surface area contributed by atoms with Gasteiger partial charge in [0.25, 0.3) is 17.4 Å². The van der Waals surface area contributed by atoms with Gasteiger partial charge in [0.1, 0.15) is 17.6 Å². The first-order chi connectivity index (χ1) is 20.0. The molecule has 2 aromatic carbocycles. The standard InChI is InChI=1S/C27H15F5N6O4/c28-14-8-15(29)23(32)13(22(14)31)7-20(39)35-16-3-4-33-25(40)21(16)24-36-17-5-11-12(6-18(17)37-24)27(42)38(26(11)41)10-1-2-19(30)34-9-10/h1-6,8-9,20,39H,7H2,(H,36,37)(H2,33,35,40)/t20-/m0/s1. The van der Waals surface area contributed by atoms with Crippen molar-refractivity contribution in [3.63, 3.8) is 0 Å². The monoisotopic (exact) mass is 582 g/mol. The zero-order valence-corrected chi connectivity index (χ0v) is 20.8. The number of imidazole rings is 1. The molecule has 4 heterocycles. The van der Waals surface area contributed by atoms with Crippen LogP contribution in [0.1, 0.15) is 26.3 Å². The van der Waals surface area contributed by atoms with Crippen molar-refractivity contribution in [2.24, 2.45) is 0 Å². The summed E-state index contributed by atoms with van der Waals surface area (Å²) in [6.45, 7) is 0. The van der Waals surface area contributed by atoms with Gasteiger partial charge in [0, 0.05) is 24.2 Å². The van der Waals surface area contributed by atoms with E-state index in [9.17, 15) is 41.4 Å². The minimum atomic E-state index is -1.81. The third kappa shape index (κ3) is 4.35. The lowest BCUT2D eigenvalue weighted by Crippen LogP contribution is -2.29. The van der Waals surface area contributed by atoms with E-state index in [-0.39, 0.29) is 51.0 Å². The molecule has 0 fully saturated rings. The van der Waals surface area contributed by atoms with E-state index in [1.165, 1.54) is 30.5 Å². The highest BCUT2D eigenvalue weighted by molar-refractivity contribution is 6.35. The highest BCUT2D eigenvalue weighted by Gasteiger charge is 2.38. The Labute approximate surface area is 230 Å². The molecule has 6 rings (SSSR count). The number of anilines is 2. The molecule has 0 saturated carbocycles. The molecule has 0 radical (unpaired) electrons. The maximum Gasteiger partial charge on any atom is 0.266 e. The van der Waals surface area contributed by atoms with Gasteiger partial charge < -0.3 is 20.4 Å². The van der Waals surface area contributed by atoms with Gasteiger partial charge in [0.2, 0.25) is 5.95 Å². The van der Waals surface area contributed by atoms with Crippen molar-refractivity contribution in [2.75, 3.05) is 10.2 Å². The van der Waals surface area contributed by atoms with Gasteiger partial charge in [0.05, 0.1) is 39.7 Å². The zero-order valence-electron chi connectivity index (χ0n) is 20.8. The SMILES string of the molecule is O=C1c2cc3nc(-c4c(N[C@@H](O)Cc5c(F)c(F)cc(F)c5F)cc[nH]c4=O)[nH]c3cc2C(=O)N1c1ccc(F)nc1. The molecule has 0 spiro atoms. The summed E-state index contributed by atoms with van der Waals surface area (Å²) in [6.07, 6.45) is -0.476. The number of H-pyrrole nitrogens is 2. The summed E-state index contributed by atoms with van der Waals surface area (Å²) in [5, 5.41) is 12.9. The number of hydrogen-bond donors (Lipinski definition) is 4. The van der Waals surface area contributed by atoms with E-state index in [1.54, 1.807) is 0 Å². The van der Waals surface area contributed by atoms with E-state index < -0.39 is 64.8 Å². The van der Waals surface area contributed by atoms with Crippen LogP contribution in [0.5, 0.6) is 0 Å². The van der Waals surface area contributed by atoms with E-state index in [0.29, 0.717) is 0 Å². The largest absolute Gasteiger partial charge is 0.373 e. The first kappa shape index (κ1) is 26.8. The van der Waals surface area contributed by atoms with Crippen LogP contribution < -0.4 is 15.8 Å². The second kappa shape index (κ2) is 9.88. The molecular weight excluding hydrogens is 567 g/mol. The van der Waals surface area contributed by atoms with Crippen LogP contribution in [0.25, 0.3) is 22.4 Å². The fraction of sp³-hybridized carbons (Fsp3) is 0.0741. The topological polar surface area (TPSA) is 144 Å². The summed E-state index contributed by atoms with van der Waals surface area (Å²) in [4.78, 5) is 52.8. The summed E-state index contributed by atoms with van der Waals surface area (Å²) < 4.78 is 68.6. The quantitative estimate of drug-likeness (QED) is 0.0784. The van der Waals surface area contributed by atoms with Crippen LogP contribution in [0.2, 0.25) is 0 Å². The van der Waals surface area contributed by atoms with E-state index in [0.717, 1.165) is 17.2 Å². The molecule has 1 aliphatic heterocycles. The lowest BCUT2D eigenvalue weighted by atomic mass is 10.1. The first-order valence-corrected chi connectivity index (χ1v) is 12.1. The van der Waals surface area contributed by atoms with Gasteiger partial charge in [-0.25, -0.2) is 32.4 Å². The van der Waals surface area contributed by atoms with E-state index >= 15 is 0 Å². The Balaban J connectivity index is 1.33. The predicted octanol–water partition coefficient (Wildman–Crippen LogP) is 3.78. The second-order valence-corrected chi connectivity index (χ2v) is 9.19. The van der Waals surface area contributed by atoms with Crippen molar-refractivity contribution < 1.29 is 36.6 Å². The summed E-state index contributed by atoms with van der Waals surface area (Å²) in [5.41, 5.74) is -1.51. The fourth-order valence-electron chi connectivity index (χ4n) is 4.66. The molecule has 10 nitrogen and oxygen atoms in total. The lowest BCUT2D eigenvalue weighted by Gasteiger charge is -2.17. The highest BCUT2D eigenvalue weighted by Crippen LogP contribution is 2.32. The van der Waals surface area contributed by atoms with Crippen LogP contribution in [0, 0.1) is 29.2 Å². The molecule has 212 valence electrons. The highest BCUT2D eigenvalue weighted by atomic mass is 19.2. The number of aromatic nitrogens is 4. The Bertz CT molecular complexity index is 1910. The van der Waals surface area contributed by atoms with Gasteiger partial charge in [-0.15, -0.1) is 0 Å². The van der Waals surface area contributed by atoms with Crippen LogP contribution in [0.4, 0.5) is 33.3 Å². The maximum absolute atomic E-state index is 14.1. The van der Waals surface area contributed by atoms with Gasteiger partial charge in [-0.2, -0.15) is 4.39 Å². The molecule has 15 heteroatoms. The van der Waals surface area contributed by atoms with E-state index in [2.05, 4.69) is 25.3 Å². The van der Waals surface area contributed by atoms with E-state index in [4.69, 9.17) is 0 Å². The van der Waals surface area contributed by atoms with Crippen molar-refractivity contribution in [3.8, 4) is 11.4 Å². The Morgan fingerprint density at radius 1 is 0.929 bits per heavy atom. The van der Waals surface area contributed by atoms with Crippen LogP contribution in [-0.4, -0.2) is 43.1 Å². The normalized spacial score (nSPS) is 13.6. The number of benzene rings is 2. The average molecular weight is 582 g/mol. The number of halogens is 5. The average Bonchev–Trinajstić information content (AvgIpc) is 3.47. The molecule has 1 atom stereocenters. The zero-order chi connectivity index (χ0) is 29.9. The maximum atomic E-state index is 14.1. The van der Waals surface area contributed by atoms with Crippen molar-refractivity contribution in [3.05, 3.63) is 105 Å². The van der Waals surface area contributed by atoms with E-state index in [1.807, 2.05) is 0 Å². The van der Waals surface area contributed by atoms with Crippen molar-refractivity contribution >= 4 is 34.2 Å². The van der Waals surface area contributed by atoms with Gasteiger partial charge in [-0.3, -0.25) is 14.4 Å². The van der Waals surface area contributed by atoms with Crippen molar-refractivity contribution in [1.82, 2.24) is 19.9 Å². The number of aromatic amines is 2. The number of rotatable bonds is 6. The lowest BCUT2D eigenvalue weighted by molar-refractivity contribution is 0.0926. The first-order valence-electron chi connectivity index (χ1n) is 12.1. The third-order valence-electron chi connectivity index (χ3n) is 6.58. The number of pyridine rings is 2. The van der Waals surface area contributed by atoms with Crippen molar-refractivity contribution in [2.45, 2.75) is 12.6 Å². The van der Waals surface area contributed by atoms with Crippen LogP contribution in [0.3, 0.4) is 0 Å². The van der Waals surface area contributed by atoms with Crippen molar-refractivity contribution in [1.29, 1.82) is 0 Å². The summed E-state index contributed by atoms with van der Waals surface area (Å²) in [5.74, 6) is -8.90. The molecule has 5 aromatic rings. The molecule has 42 heavy (non-hydrogen) atoms. The van der Waals surface area contributed by atoms with Gasteiger partial charge in [-0.1, -0.05) is 0 Å². The number of carbonyl (C=O) groups is 2. The molecule has 3 aromatic heterocycles. The Hall–Kier alpha value is -5.44. The Morgan fingerprint density at radius 2 is 1.62 bits per heavy atom. The number of aliphatic hydroxyl groups excluding tert-OH is 1. The second-order valence-electron chi connectivity index (χ2n) is 9.19. The van der Waals surface area contributed by atoms with Gasteiger partial charge in [-0.05, 0) is 30.3 Å². The molecule has 0 aliphatic carbocycles. The smallest absolute Gasteiger partial charge is 0.266 e. The molecular formula is C27H15F5N6O4. The number of fused-ring (bicyclic) bond motifs is 2. The fourth-order valence-corrected chi connectivity index (χ4v) is 4.66. The van der Waals surface area contributed by atoms with Crippen LogP contribution >= 0.6 is 0 Å². The number of amides is 2. The number of imide groups is 1. The van der Waals surface area contributed by atoms with Crippen LogP contribution in [0.15, 0.2) is 53.6 Å². The molecule has 0 unspecified atom stereocenters. The molecule has 4 N–H and O–H groups in total. The summed E-state index contributed by atoms with van der Waals surface area (Å²) in [7, 11) is 0. The Morgan fingerprint density at radius 3 is 2.29 bits per heavy atom. The number of aliphatic hydroxyl groups is 1. The summed E-state index contributed by atoms with van der Waals surface area (Å²) in [6, 6.07) is 6.24. The Kier molecular flexibility index (Phi) is 6.30. The van der Waals surface area contributed by atoms with Crippen LogP contribution in [-0.2, 0) is 6.42 Å². The molecule has 2 amide bonds. The predicted molar refractivity (Wildman–Crippen MR) is 137 cm³/mol. The summed E-state index contributed by atoms with van der Waals surface area (Å²) >= 11 is 0. The number of hydrogen-bond acceptors (Lipinski definition) is 7.